The van der Waals surface area contributed by atoms with Crippen molar-refractivity contribution in [1.82, 2.24) is 15.1 Å². The molecular formula is C9H10FN3O2S. The van der Waals surface area contributed by atoms with Crippen molar-refractivity contribution in [2.24, 2.45) is 0 Å². The van der Waals surface area contributed by atoms with E-state index in [-0.39, 0.29) is 12.5 Å². The highest BCUT2D eigenvalue weighted by atomic mass is 32.1. The maximum atomic E-state index is 12.5. The van der Waals surface area contributed by atoms with Gasteiger partial charge in [-0.3, -0.25) is 4.79 Å². The quantitative estimate of drug-likeness (QED) is 0.782. The topological polar surface area (TPSA) is 66.3 Å². The number of carbonyl (C=O) groups excluding carboxylic acids is 1. The minimum atomic E-state index is -0.938. The molecule has 86 valence electrons. The van der Waals surface area contributed by atoms with Gasteiger partial charge in [0.1, 0.15) is 10.0 Å². The molecule has 1 aliphatic heterocycles. The van der Waals surface area contributed by atoms with Crippen molar-refractivity contribution in [1.29, 1.82) is 0 Å². The minimum absolute atomic E-state index is 0.0982. The number of likely N-dealkylation sites (tertiary alicyclic amines) is 1. The van der Waals surface area contributed by atoms with E-state index < -0.39 is 11.7 Å². The fraction of sp³-hybridized carbons (Fsp3) is 0.444. The average molecular weight is 243 g/mol. The van der Waals surface area contributed by atoms with E-state index in [1.54, 1.807) is 0 Å². The van der Waals surface area contributed by atoms with Crippen molar-refractivity contribution < 1.29 is 14.3 Å². The van der Waals surface area contributed by atoms with E-state index in [1.165, 1.54) is 16.2 Å². The lowest BCUT2D eigenvalue weighted by Gasteiger charge is -2.37. The highest BCUT2D eigenvalue weighted by Crippen LogP contribution is 2.30. The molecule has 1 fully saturated rings. The van der Waals surface area contributed by atoms with Crippen LogP contribution in [0.4, 0.5) is 4.39 Å². The number of nitrogens with zero attached hydrogens (tertiary/aromatic N) is 3. The second kappa shape index (κ2) is 4.26. The van der Waals surface area contributed by atoms with Crippen molar-refractivity contribution in [2.75, 3.05) is 13.1 Å². The Morgan fingerprint density at radius 2 is 2.31 bits per heavy atom. The summed E-state index contributed by atoms with van der Waals surface area (Å²) in [5.41, 5.74) is 0. The Morgan fingerprint density at radius 3 is 2.81 bits per heavy atom. The zero-order chi connectivity index (χ0) is 11.7. The molecule has 0 saturated carbocycles. The number of hydrogen-bond acceptors (Lipinski definition) is 5. The van der Waals surface area contributed by atoms with E-state index in [4.69, 9.17) is 5.11 Å². The van der Waals surface area contributed by atoms with E-state index >= 15 is 0 Å². The van der Waals surface area contributed by atoms with Gasteiger partial charge in [-0.1, -0.05) is 17.9 Å². The molecule has 1 amide bonds. The van der Waals surface area contributed by atoms with E-state index in [0.717, 1.165) is 5.01 Å². The molecule has 0 aromatic carbocycles. The molecule has 1 aromatic heterocycles. The van der Waals surface area contributed by atoms with Crippen molar-refractivity contribution >= 4 is 17.2 Å². The summed E-state index contributed by atoms with van der Waals surface area (Å²) >= 11 is 1.31. The summed E-state index contributed by atoms with van der Waals surface area (Å²) < 4.78 is 12.5. The van der Waals surface area contributed by atoms with Crippen molar-refractivity contribution in [3.63, 3.8) is 0 Å². The van der Waals surface area contributed by atoms with Crippen LogP contribution in [0.15, 0.2) is 12.4 Å². The minimum Gasteiger partial charge on any atom is -0.389 e. The second-order valence-electron chi connectivity index (χ2n) is 3.50. The van der Waals surface area contributed by atoms with Crippen molar-refractivity contribution in [3.05, 3.63) is 22.4 Å². The summed E-state index contributed by atoms with van der Waals surface area (Å²) in [6, 6.07) is 0. The molecule has 7 heteroatoms. The van der Waals surface area contributed by atoms with Crippen LogP contribution >= 0.6 is 11.3 Å². The summed E-state index contributed by atoms with van der Waals surface area (Å²) in [4.78, 5) is 12.5. The van der Waals surface area contributed by atoms with E-state index in [9.17, 15) is 9.18 Å². The Balaban J connectivity index is 1.93. The van der Waals surface area contributed by atoms with Crippen LogP contribution in [0, 0.1) is 0 Å². The molecule has 1 aliphatic rings. The molecule has 0 atom stereocenters. The molecule has 0 bridgehead atoms. The molecule has 1 saturated heterocycles. The van der Waals surface area contributed by atoms with E-state index in [0.29, 0.717) is 18.1 Å². The molecule has 5 nitrogen and oxygen atoms in total. The van der Waals surface area contributed by atoms with Crippen LogP contribution in [0.2, 0.25) is 0 Å². The number of aliphatic hydroxyl groups is 1. The lowest BCUT2D eigenvalue weighted by atomic mass is 10.0. The summed E-state index contributed by atoms with van der Waals surface area (Å²) in [5, 5.41) is 17.8. The molecule has 2 heterocycles. The molecule has 0 aliphatic carbocycles. The van der Waals surface area contributed by atoms with Gasteiger partial charge in [-0.2, -0.15) is 0 Å². The Hall–Kier alpha value is -1.34. The van der Waals surface area contributed by atoms with Crippen LogP contribution in [-0.4, -0.2) is 39.2 Å². The molecule has 0 radical (unpaired) electrons. The van der Waals surface area contributed by atoms with Crippen LogP contribution < -0.4 is 0 Å². The third-order valence-electron chi connectivity index (χ3n) is 2.37. The van der Waals surface area contributed by atoms with Crippen molar-refractivity contribution in [2.45, 2.75) is 12.5 Å². The Bertz CT molecular complexity index is 428. The monoisotopic (exact) mass is 243 g/mol. The maximum Gasteiger partial charge on any atom is 0.282 e. The lowest BCUT2D eigenvalue weighted by Crippen LogP contribution is -2.48. The van der Waals surface area contributed by atoms with Gasteiger partial charge in [-0.15, -0.1) is 10.2 Å². The number of halogens is 1. The summed E-state index contributed by atoms with van der Waals surface area (Å²) in [6.07, 6.45) is 0. The number of rotatable bonds is 3. The highest BCUT2D eigenvalue weighted by molar-refractivity contribution is 7.11. The van der Waals surface area contributed by atoms with Gasteiger partial charge < -0.3 is 10.0 Å². The zero-order valence-electron chi connectivity index (χ0n) is 8.39. The smallest absolute Gasteiger partial charge is 0.282 e. The molecule has 2 rings (SSSR count). The maximum absolute atomic E-state index is 12.5. The standard InChI is InChI=1S/C9H10FN3O2S/c1-5(10)9(15)13-2-6(3-13)8-12-11-7(4-14)16-8/h6,14H,1-4H2. The second-order valence-corrected chi connectivity index (χ2v) is 4.60. The van der Waals surface area contributed by atoms with Gasteiger partial charge in [0.05, 0.1) is 6.61 Å². The van der Waals surface area contributed by atoms with Gasteiger partial charge >= 0.3 is 0 Å². The molecule has 0 unspecified atom stereocenters. The molecule has 1 aromatic rings. The van der Waals surface area contributed by atoms with Gasteiger partial charge in [0, 0.05) is 19.0 Å². The lowest BCUT2D eigenvalue weighted by molar-refractivity contribution is -0.132. The number of aliphatic hydroxyl groups excluding tert-OH is 1. The van der Waals surface area contributed by atoms with Gasteiger partial charge in [0.25, 0.3) is 5.91 Å². The summed E-state index contributed by atoms with van der Waals surface area (Å²) in [5.74, 6) is -1.50. The average Bonchev–Trinajstić information content (AvgIpc) is 2.63. The first kappa shape index (κ1) is 11.2. The van der Waals surface area contributed by atoms with Gasteiger partial charge in [0.2, 0.25) is 0 Å². The van der Waals surface area contributed by atoms with Gasteiger partial charge in [-0.05, 0) is 0 Å². The summed E-state index contributed by atoms with van der Waals surface area (Å²) in [7, 11) is 0. The van der Waals surface area contributed by atoms with Crippen LogP contribution in [-0.2, 0) is 11.4 Å². The van der Waals surface area contributed by atoms with E-state index in [1.807, 2.05) is 0 Å². The molecule has 1 N–H and O–H groups in total. The first-order valence-electron chi connectivity index (χ1n) is 4.68. The third kappa shape index (κ3) is 1.96. The first-order chi connectivity index (χ1) is 7.61. The fourth-order valence-corrected chi connectivity index (χ4v) is 2.25. The number of hydrogen-bond donors (Lipinski definition) is 1. The predicted octanol–water partition coefficient (Wildman–Crippen LogP) is 0.439. The summed E-state index contributed by atoms with van der Waals surface area (Å²) in [6.45, 7) is 3.69. The molecular weight excluding hydrogens is 233 g/mol. The number of aromatic nitrogens is 2. The fourth-order valence-electron chi connectivity index (χ4n) is 1.47. The Kier molecular flexibility index (Phi) is 2.97. The van der Waals surface area contributed by atoms with Gasteiger partial charge in [0.15, 0.2) is 5.83 Å². The van der Waals surface area contributed by atoms with E-state index in [2.05, 4.69) is 16.8 Å². The van der Waals surface area contributed by atoms with Crippen LogP contribution in [0.25, 0.3) is 0 Å². The van der Waals surface area contributed by atoms with Crippen LogP contribution in [0.1, 0.15) is 15.9 Å². The molecule has 0 spiro atoms. The number of carbonyl (C=O) groups is 1. The zero-order valence-corrected chi connectivity index (χ0v) is 9.21. The largest absolute Gasteiger partial charge is 0.389 e. The third-order valence-corrected chi connectivity index (χ3v) is 3.44. The number of amides is 1. The Labute approximate surface area is 95.2 Å². The van der Waals surface area contributed by atoms with Crippen molar-refractivity contribution in [3.8, 4) is 0 Å². The van der Waals surface area contributed by atoms with Gasteiger partial charge in [-0.25, -0.2) is 4.39 Å². The normalized spacial score (nSPS) is 16.0. The molecule has 16 heavy (non-hydrogen) atoms. The predicted molar refractivity (Wildman–Crippen MR) is 55.4 cm³/mol. The van der Waals surface area contributed by atoms with Crippen LogP contribution in [0.3, 0.4) is 0 Å². The Morgan fingerprint density at radius 1 is 1.62 bits per heavy atom. The van der Waals surface area contributed by atoms with Crippen LogP contribution in [0.5, 0.6) is 0 Å². The highest BCUT2D eigenvalue weighted by Gasteiger charge is 2.35. The SMILES string of the molecule is C=C(F)C(=O)N1CC(c2nnc(CO)s2)C1. The first-order valence-corrected chi connectivity index (χ1v) is 5.50.